The lowest BCUT2D eigenvalue weighted by atomic mass is 9.86. The van der Waals surface area contributed by atoms with Crippen LogP contribution in [0.5, 0.6) is 5.75 Å². The maximum Gasteiger partial charge on any atom is 0.126 e. The second kappa shape index (κ2) is 6.42. The third-order valence-corrected chi connectivity index (χ3v) is 4.68. The molecule has 1 aliphatic rings. The van der Waals surface area contributed by atoms with Crippen molar-refractivity contribution in [3.05, 3.63) is 28.8 Å². The molecule has 0 bridgehead atoms. The van der Waals surface area contributed by atoms with Gasteiger partial charge in [0.1, 0.15) is 5.75 Å². The molecule has 1 aromatic rings. The quantitative estimate of drug-likeness (QED) is 0.824. The topological polar surface area (TPSA) is 35.2 Å². The molecule has 0 amide bonds. The zero-order valence-electron chi connectivity index (χ0n) is 12.5. The number of ether oxygens (including phenoxy) is 1. The van der Waals surface area contributed by atoms with Crippen molar-refractivity contribution in [3.8, 4) is 5.75 Å². The summed E-state index contributed by atoms with van der Waals surface area (Å²) in [5, 5.41) is 0. The highest BCUT2D eigenvalue weighted by Crippen LogP contribution is 2.37. The summed E-state index contributed by atoms with van der Waals surface area (Å²) >= 11 is 0. The Labute approximate surface area is 117 Å². The van der Waals surface area contributed by atoms with E-state index >= 15 is 0 Å². The van der Waals surface area contributed by atoms with Crippen molar-refractivity contribution in [2.45, 2.75) is 58.4 Å². The molecule has 1 aliphatic carbocycles. The average Bonchev–Trinajstić information content (AvgIpc) is 2.70. The number of aryl methyl sites for hydroxylation is 1. The minimum atomic E-state index is 0.118. The molecule has 0 saturated heterocycles. The third kappa shape index (κ3) is 3.11. The first-order valence-corrected chi connectivity index (χ1v) is 7.54. The second-order valence-corrected chi connectivity index (χ2v) is 5.91. The lowest BCUT2D eigenvalue weighted by molar-refractivity contribution is 0.357. The fourth-order valence-corrected chi connectivity index (χ4v) is 3.27. The number of hydrogen-bond acceptors (Lipinski definition) is 2. The maximum atomic E-state index is 6.55. The first-order valence-electron chi connectivity index (χ1n) is 7.54. The van der Waals surface area contributed by atoms with Crippen LogP contribution < -0.4 is 10.5 Å². The summed E-state index contributed by atoms with van der Waals surface area (Å²) in [5.74, 6) is 1.61. The first kappa shape index (κ1) is 14.4. The summed E-state index contributed by atoms with van der Waals surface area (Å²) in [5.41, 5.74) is 10.2. The number of methoxy groups -OCH3 is 1. The van der Waals surface area contributed by atoms with E-state index in [1.165, 1.54) is 55.2 Å². The minimum absolute atomic E-state index is 0.118. The van der Waals surface area contributed by atoms with E-state index in [-0.39, 0.29) is 6.04 Å². The van der Waals surface area contributed by atoms with E-state index in [1.807, 2.05) is 0 Å². The Bertz CT molecular complexity index is 420. The molecule has 2 nitrogen and oxygen atoms in total. The molecule has 0 heterocycles. The van der Waals surface area contributed by atoms with Crippen molar-refractivity contribution >= 4 is 0 Å². The molecule has 0 spiro atoms. The second-order valence-electron chi connectivity index (χ2n) is 5.91. The van der Waals surface area contributed by atoms with Gasteiger partial charge in [0, 0.05) is 11.6 Å². The molecule has 0 radical (unpaired) electrons. The van der Waals surface area contributed by atoms with Gasteiger partial charge in [-0.15, -0.1) is 0 Å². The lowest BCUT2D eigenvalue weighted by Crippen LogP contribution is -2.22. The van der Waals surface area contributed by atoms with Crippen LogP contribution in [0.2, 0.25) is 0 Å². The van der Waals surface area contributed by atoms with Gasteiger partial charge in [-0.1, -0.05) is 37.8 Å². The fraction of sp³-hybridized carbons (Fsp3) is 0.647. The van der Waals surface area contributed by atoms with E-state index < -0.39 is 0 Å². The van der Waals surface area contributed by atoms with Crippen LogP contribution >= 0.6 is 0 Å². The summed E-state index contributed by atoms with van der Waals surface area (Å²) in [6.45, 7) is 4.25. The summed E-state index contributed by atoms with van der Waals surface area (Å²) in [4.78, 5) is 0. The van der Waals surface area contributed by atoms with Crippen LogP contribution in [0.25, 0.3) is 0 Å². The van der Waals surface area contributed by atoms with E-state index in [1.54, 1.807) is 7.11 Å². The summed E-state index contributed by atoms with van der Waals surface area (Å²) in [6.07, 6.45) is 7.91. The van der Waals surface area contributed by atoms with Gasteiger partial charge in [-0.2, -0.15) is 0 Å². The van der Waals surface area contributed by atoms with Crippen LogP contribution in [0.3, 0.4) is 0 Å². The van der Waals surface area contributed by atoms with E-state index in [2.05, 4.69) is 26.0 Å². The normalized spacial score (nSPS) is 18.9. The Balaban J connectivity index is 2.27. The van der Waals surface area contributed by atoms with Gasteiger partial charge in [-0.05, 0) is 43.7 Å². The number of benzene rings is 1. The third-order valence-electron chi connectivity index (χ3n) is 4.68. The van der Waals surface area contributed by atoms with Gasteiger partial charge in [0.25, 0.3) is 0 Å². The maximum absolute atomic E-state index is 6.55. The molecular weight excluding hydrogens is 234 g/mol. The van der Waals surface area contributed by atoms with Crippen molar-refractivity contribution in [2.75, 3.05) is 7.11 Å². The predicted octanol–water partition coefficient (Wildman–Crippen LogP) is 4.28. The SMILES string of the molecule is COc1c(C(N)C2CCCCCC2)ccc(C)c1C. The summed E-state index contributed by atoms with van der Waals surface area (Å²) in [7, 11) is 1.76. The van der Waals surface area contributed by atoms with Crippen LogP contribution in [0.1, 0.15) is 61.3 Å². The fourth-order valence-electron chi connectivity index (χ4n) is 3.27. The molecule has 19 heavy (non-hydrogen) atoms. The Morgan fingerprint density at radius 1 is 1.11 bits per heavy atom. The van der Waals surface area contributed by atoms with E-state index in [4.69, 9.17) is 10.5 Å². The Hall–Kier alpha value is -1.02. The highest BCUT2D eigenvalue weighted by atomic mass is 16.5. The van der Waals surface area contributed by atoms with Gasteiger partial charge in [-0.3, -0.25) is 0 Å². The lowest BCUT2D eigenvalue weighted by Gasteiger charge is -2.25. The van der Waals surface area contributed by atoms with Crippen molar-refractivity contribution in [1.29, 1.82) is 0 Å². The minimum Gasteiger partial charge on any atom is -0.496 e. The van der Waals surface area contributed by atoms with Gasteiger partial charge >= 0.3 is 0 Å². The zero-order valence-corrected chi connectivity index (χ0v) is 12.5. The number of nitrogens with two attached hydrogens (primary N) is 1. The highest BCUT2D eigenvalue weighted by Gasteiger charge is 2.24. The van der Waals surface area contributed by atoms with E-state index in [9.17, 15) is 0 Å². The molecule has 2 rings (SSSR count). The first-order chi connectivity index (χ1) is 9.15. The molecule has 1 aromatic carbocycles. The summed E-state index contributed by atoms with van der Waals surface area (Å²) in [6, 6.07) is 4.45. The standard InChI is InChI=1S/C17H27NO/c1-12-10-11-15(17(19-3)13(12)2)16(18)14-8-6-4-5-7-9-14/h10-11,14,16H,4-9,18H2,1-3H3. The van der Waals surface area contributed by atoms with Crippen molar-refractivity contribution in [3.63, 3.8) is 0 Å². The molecule has 1 unspecified atom stereocenters. The molecule has 1 atom stereocenters. The molecule has 1 saturated carbocycles. The van der Waals surface area contributed by atoms with Crippen LogP contribution in [-0.4, -0.2) is 7.11 Å². The Morgan fingerprint density at radius 2 is 1.74 bits per heavy atom. The largest absolute Gasteiger partial charge is 0.496 e. The van der Waals surface area contributed by atoms with Crippen LogP contribution in [0.15, 0.2) is 12.1 Å². The molecule has 0 aromatic heterocycles. The number of rotatable bonds is 3. The highest BCUT2D eigenvalue weighted by molar-refractivity contribution is 5.46. The molecule has 2 N–H and O–H groups in total. The van der Waals surface area contributed by atoms with Crippen LogP contribution in [0, 0.1) is 19.8 Å². The predicted molar refractivity (Wildman–Crippen MR) is 80.6 cm³/mol. The van der Waals surface area contributed by atoms with Gasteiger partial charge in [0.15, 0.2) is 0 Å². The molecule has 106 valence electrons. The van der Waals surface area contributed by atoms with Crippen LogP contribution in [-0.2, 0) is 0 Å². The molecule has 0 aliphatic heterocycles. The number of hydrogen-bond donors (Lipinski definition) is 1. The van der Waals surface area contributed by atoms with Crippen molar-refractivity contribution in [2.24, 2.45) is 11.7 Å². The van der Waals surface area contributed by atoms with Crippen LogP contribution in [0.4, 0.5) is 0 Å². The molecule has 2 heteroatoms. The molecule has 1 fully saturated rings. The van der Waals surface area contributed by atoms with E-state index in [0.717, 1.165) is 5.75 Å². The van der Waals surface area contributed by atoms with Gasteiger partial charge < -0.3 is 10.5 Å². The smallest absolute Gasteiger partial charge is 0.126 e. The molecular formula is C17H27NO. The van der Waals surface area contributed by atoms with Gasteiger partial charge in [0.2, 0.25) is 0 Å². The van der Waals surface area contributed by atoms with Crippen molar-refractivity contribution < 1.29 is 4.74 Å². The van der Waals surface area contributed by atoms with Gasteiger partial charge in [-0.25, -0.2) is 0 Å². The zero-order chi connectivity index (χ0) is 13.8. The van der Waals surface area contributed by atoms with E-state index in [0.29, 0.717) is 5.92 Å². The van der Waals surface area contributed by atoms with Crippen molar-refractivity contribution in [1.82, 2.24) is 0 Å². The average molecular weight is 261 g/mol. The Kier molecular flexibility index (Phi) is 4.87. The van der Waals surface area contributed by atoms with Gasteiger partial charge in [0.05, 0.1) is 7.11 Å². The monoisotopic (exact) mass is 261 g/mol. The summed E-state index contributed by atoms with van der Waals surface area (Å²) < 4.78 is 5.62. The Morgan fingerprint density at radius 3 is 2.32 bits per heavy atom.